The maximum Gasteiger partial charge on any atom is 0.119 e. The highest BCUT2D eigenvalue weighted by Gasteiger charge is 1.99. The van der Waals surface area contributed by atoms with Gasteiger partial charge in [0.05, 0.1) is 18.1 Å². The van der Waals surface area contributed by atoms with Crippen molar-refractivity contribution in [3.63, 3.8) is 0 Å². The third-order valence-corrected chi connectivity index (χ3v) is 3.06. The normalized spacial score (nSPS) is 10.4. The van der Waals surface area contributed by atoms with Gasteiger partial charge in [0.15, 0.2) is 0 Å². The largest absolute Gasteiger partial charge is 0.325 e. The monoisotopic (exact) mass is 231 g/mol. The highest BCUT2D eigenvalue weighted by atomic mass is 32.2. The molecule has 0 amide bonds. The molecule has 0 saturated heterocycles. The Labute approximate surface area is 99.1 Å². The first-order chi connectivity index (χ1) is 7.78. The van der Waals surface area contributed by atoms with E-state index in [0.717, 1.165) is 10.7 Å². The highest BCUT2D eigenvalue weighted by molar-refractivity contribution is 7.99. The summed E-state index contributed by atoms with van der Waals surface area (Å²) in [7, 11) is 0. The number of aromatic nitrogens is 2. The molecular formula is C12H13N3S. The van der Waals surface area contributed by atoms with Crippen molar-refractivity contribution >= 4 is 11.8 Å². The molecular weight excluding hydrogens is 218 g/mol. The average molecular weight is 231 g/mol. The van der Waals surface area contributed by atoms with Crippen LogP contribution in [0.3, 0.4) is 0 Å². The van der Waals surface area contributed by atoms with E-state index in [0.29, 0.717) is 6.54 Å². The van der Waals surface area contributed by atoms with Gasteiger partial charge in [0.25, 0.3) is 0 Å². The molecule has 0 aliphatic heterocycles. The second-order valence-corrected chi connectivity index (χ2v) is 4.56. The van der Waals surface area contributed by atoms with Gasteiger partial charge >= 0.3 is 0 Å². The van der Waals surface area contributed by atoms with Crippen molar-refractivity contribution in [2.45, 2.75) is 23.4 Å². The highest BCUT2D eigenvalue weighted by Crippen LogP contribution is 2.25. The van der Waals surface area contributed by atoms with Crippen LogP contribution >= 0.6 is 11.8 Å². The van der Waals surface area contributed by atoms with Crippen molar-refractivity contribution in [2.75, 3.05) is 0 Å². The number of nitrogens with zero attached hydrogens (tertiary/aromatic N) is 2. The van der Waals surface area contributed by atoms with Crippen LogP contribution in [-0.2, 0) is 6.54 Å². The Bertz CT molecular complexity index is 451. The molecule has 2 N–H and O–H groups in total. The molecule has 1 aromatic heterocycles. The van der Waals surface area contributed by atoms with Crippen molar-refractivity contribution < 1.29 is 0 Å². The van der Waals surface area contributed by atoms with Crippen LogP contribution in [0, 0.1) is 6.92 Å². The zero-order valence-electron chi connectivity index (χ0n) is 9.05. The van der Waals surface area contributed by atoms with E-state index in [1.807, 2.05) is 0 Å². The second-order valence-electron chi connectivity index (χ2n) is 3.47. The lowest BCUT2D eigenvalue weighted by atomic mass is 10.2. The molecule has 1 aromatic carbocycles. The summed E-state index contributed by atoms with van der Waals surface area (Å²) < 4.78 is 0. The first-order valence-electron chi connectivity index (χ1n) is 5.03. The number of nitrogens with two attached hydrogens (primary N) is 1. The van der Waals surface area contributed by atoms with Gasteiger partial charge in [0.1, 0.15) is 5.03 Å². The minimum absolute atomic E-state index is 0.433. The first kappa shape index (κ1) is 11.1. The van der Waals surface area contributed by atoms with Crippen LogP contribution in [0.1, 0.15) is 11.3 Å². The van der Waals surface area contributed by atoms with Crippen molar-refractivity contribution in [1.29, 1.82) is 0 Å². The molecule has 3 nitrogen and oxygen atoms in total. The van der Waals surface area contributed by atoms with E-state index < -0.39 is 0 Å². The van der Waals surface area contributed by atoms with Gasteiger partial charge < -0.3 is 5.73 Å². The number of hydrogen-bond acceptors (Lipinski definition) is 4. The number of rotatable bonds is 3. The fourth-order valence-electron chi connectivity index (χ4n) is 1.23. The molecule has 0 saturated carbocycles. The van der Waals surface area contributed by atoms with E-state index in [4.69, 9.17) is 5.73 Å². The zero-order chi connectivity index (χ0) is 11.4. The number of benzene rings is 1. The van der Waals surface area contributed by atoms with Crippen molar-refractivity contribution in [3.8, 4) is 0 Å². The summed E-state index contributed by atoms with van der Waals surface area (Å²) in [4.78, 5) is 9.66. The van der Waals surface area contributed by atoms with E-state index in [2.05, 4.69) is 41.2 Å². The number of aryl methyl sites for hydroxylation is 1. The SMILES string of the molecule is Cc1ccc(Sc2cnc(CN)cn2)cc1. The van der Waals surface area contributed by atoms with Crippen LogP contribution in [0.2, 0.25) is 0 Å². The van der Waals surface area contributed by atoms with Crippen LogP contribution in [0.5, 0.6) is 0 Å². The van der Waals surface area contributed by atoms with Crippen LogP contribution in [0.4, 0.5) is 0 Å². The van der Waals surface area contributed by atoms with Gasteiger partial charge in [-0.3, -0.25) is 4.98 Å². The maximum atomic E-state index is 5.46. The summed E-state index contributed by atoms with van der Waals surface area (Å²) in [6.45, 7) is 2.51. The minimum atomic E-state index is 0.433. The Morgan fingerprint density at radius 1 is 1.12 bits per heavy atom. The molecule has 2 rings (SSSR count). The molecule has 2 aromatic rings. The molecule has 0 unspecified atom stereocenters. The molecule has 0 radical (unpaired) electrons. The van der Waals surface area contributed by atoms with Gasteiger partial charge in [0, 0.05) is 11.4 Å². The van der Waals surface area contributed by atoms with Crippen LogP contribution in [-0.4, -0.2) is 9.97 Å². The van der Waals surface area contributed by atoms with Crippen molar-refractivity contribution in [1.82, 2.24) is 9.97 Å². The van der Waals surface area contributed by atoms with Gasteiger partial charge in [-0.1, -0.05) is 29.5 Å². The van der Waals surface area contributed by atoms with Gasteiger partial charge in [-0.15, -0.1) is 0 Å². The lowest BCUT2D eigenvalue weighted by Gasteiger charge is -2.01. The number of hydrogen-bond donors (Lipinski definition) is 1. The quantitative estimate of drug-likeness (QED) is 0.881. The Morgan fingerprint density at radius 2 is 1.88 bits per heavy atom. The predicted octanol–water partition coefficient (Wildman–Crippen LogP) is 2.39. The maximum absolute atomic E-state index is 5.46. The molecule has 0 aliphatic carbocycles. The first-order valence-corrected chi connectivity index (χ1v) is 5.85. The standard InChI is InChI=1S/C12H13N3S/c1-9-2-4-11(5-3-9)16-12-8-14-10(6-13)7-15-12/h2-5,7-8H,6,13H2,1H3. The van der Waals surface area contributed by atoms with Crippen LogP contribution in [0.25, 0.3) is 0 Å². The smallest absolute Gasteiger partial charge is 0.119 e. The predicted molar refractivity (Wildman–Crippen MR) is 65.2 cm³/mol. The second kappa shape index (κ2) is 5.09. The summed E-state index contributed by atoms with van der Waals surface area (Å²) in [5.41, 5.74) is 7.53. The van der Waals surface area contributed by atoms with E-state index >= 15 is 0 Å². The Balaban J connectivity index is 2.11. The fourth-order valence-corrected chi connectivity index (χ4v) is 1.95. The van der Waals surface area contributed by atoms with E-state index in [1.165, 1.54) is 10.5 Å². The van der Waals surface area contributed by atoms with Crippen LogP contribution in [0.15, 0.2) is 46.6 Å². The summed E-state index contributed by atoms with van der Waals surface area (Å²) in [6.07, 6.45) is 3.48. The molecule has 16 heavy (non-hydrogen) atoms. The zero-order valence-corrected chi connectivity index (χ0v) is 9.87. The van der Waals surface area contributed by atoms with Crippen molar-refractivity contribution in [2.24, 2.45) is 5.73 Å². The Hall–Kier alpha value is -1.39. The van der Waals surface area contributed by atoms with Gasteiger partial charge in [-0.25, -0.2) is 4.98 Å². The van der Waals surface area contributed by atoms with Gasteiger partial charge in [-0.05, 0) is 19.1 Å². The summed E-state index contributed by atoms with van der Waals surface area (Å²) in [5.74, 6) is 0. The third kappa shape index (κ3) is 2.81. The lowest BCUT2D eigenvalue weighted by molar-refractivity contribution is 0.923. The summed E-state index contributed by atoms with van der Waals surface area (Å²) in [6, 6.07) is 8.34. The molecule has 4 heteroatoms. The fraction of sp³-hybridized carbons (Fsp3) is 0.167. The van der Waals surface area contributed by atoms with Crippen LogP contribution < -0.4 is 5.73 Å². The van der Waals surface area contributed by atoms with Gasteiger partial charge in [0.2, 0.25) is 0 Å². The van der Waals surface area contributed by atoms with Crippen molar-refractivity contribution in [3.05, 3.63) is 47.9 Å². The molecule has 0 atom stereocenters. The van der Waals surface area contributed by atoms with E-state index in [9.17, 15) is 0 Å². The Kier molecular flexibility index (Phi) is 3.54. The lowest BCUT2D eigenvalue weighted by Crippen LogP contribution is -1.99. The average Bonchev–Trinajstić information content (AvgIpc) is 2.33. The van der Waals surface area contributed by atoms with Gasteiger partial charge in [-0.2, -0.15) is 0 Å². The molecule has 1 heterocycles. The molecule has 0 spiro atoms. The molecule has 82 valence electrons. The van der Waals surface area contributed by atoms with E-state index in [-0.39, 0.29) is 0 Å². The minimum Gasteiger partial charge on any atom is -0.325 e. The third-order valence-electron chi connectivity index (χ3n) is 2.13. The Morgan fingerprint density at radius 3 is 2.44 bits per heavy atom. The molecule has 0 fully saturated rings. The molecule has 0 bridgehead atoms. The summed E-state index contributed by atoms with van der Waals surface area (Å²) in [5, 5.41) is 0.890. The topological polar surface area (TPSA) is 51.8 Å². The van der Waals surface area contributed by atoms with E-state index in [1.54, 1.807) is 24.2 Å². The molecule has 0 aliphatic rings. The summed E-state index contributed by atoms with van der Waals surface area (Å²) >= 11 is 1.60.